The Morgan fingerprint density at radius 2 is 1.92 bits per heavy atom. The maximum Gasteiger partial charge on any atom is 0.222 e. The second-order valence-corrected chi connectivity index (χ2v) is 10.9. The van der Waals surface area contributed by atoms with Crippen LogP contribution in [-0.4, -0.2) is 55.8 Å². The van der Waals surface area contributed by atoms with Crippen molar-refractivity contribution in [3.63, 3.8) is 0 Å². The summed E-state index contributed by atoms with van der Waals surface area (Å²) in [4.78, 5) is 19.1. The largest absolute Gasteiger partial charge is 0.493 e. The molecule has 2 fully saturated rings. The molecule has 3 aliphatic rings. The molecule has 3 heterocycles. The van der Waals surface area contributed by atoms with E-state index in [-0.39, 0.29) is 17.5 Å². The monoisotopic (exact) mass is 532 g/mol. The quantitative estimate of drug-likeness (QED) is 0.335. The second-order valence-electron chi connectivity index (χ2n) is 10.9. The maximum atomic E-state index is 15.2. The zero-order valence-corrected chi connectivity index (χ0v) is 22.4. The fourth-order valence-corrected chi connectivity index (χ4v) is 5.68. The number of rotatable bonds is 8. The Morgan fingerprint density at radius 3 is 2.67 bits per heavy atom. The van der Waals surface area contributed by atoms with Gasteiger partial charge in [0, 0.05) is 48.1 Å². The Morgan fingerprint density at radius 1 is 1.10 bits per heavy atom. The first-order chi connectivity index (χ1) is 18.9. The summed E-state index contributed by atoms with van der Waals surface area (Å²) in [6.07, 6.45) is 7.35. The number of carbonyl (C=O) groups is 1. The Kier molecular flexibility index (Phi) is 6.89. The number of halogens is 1. The SMILES string of the molecule is COc1cc2c(Oc3ccc4c(c3F)C=C(C)C4)ccnc2cc1OCCCC(=O)N1CCC2(CC1)COC2. The molecule has 8 heteroatoms. The molecule has 2 aliphatic heterocycles. The molecule has 0 saturated carbocycles. The van der Waals surface area contributed by atoms with E-state index in [1.165, 1.54) is 0 Å². The standard InChI is InChI=1S/C31H33FN2O5/c1-20-14-21-5-6-26(30(32)22(21)15-20)39-25-7-10-33-24-17-28(27(36-2)16-23(24)25)38-13-3-4-29(35)34-11-8-31(9-12-34)18-37-19-31/h5-7,10,15-17H,3-4,8-9,11-14,18-19H2,1-2H3. The van der Waals surface area contributed by atoms with Crippen molar-refractivity contribution in [2.45, 2.75) is 39.0 Å². The molecule has 1 spiro atoms. The molecule has 7 nitrogen and oxygen atoms in total. The van der Waals surface area contributed by atoms with Crippen LogP contribution >= 0.6 is 0 Å². The van der Waals surface area contributed by atoms with Crippen molar-refractivity contribution < 1.29 is 28.1 Å². The molecule has 204 valence electrons. The molecule has 2 aromatic carbocycles. The summed E-state index contributed by atoms with van der Waals surface area (Å²) in [7, 11) is 1.57. The van der Waals surface area contributed by atoms with Crippen LogP contribution in [0.15, 0.2) is 42.1 Å². The molecule has 0 unspecified atom stereocenters. The topological polar surface area (TPSA) is 70.1 Å². The number of amides is 1. The minimum Gasteiger partial charge on any atom is -0.493 e. The van der Waals surface area contributed by atoms with E-state index in [4.69, 9.17) is 18.9 Å². The van der Waals surface area contributed by atoms with E-state index in [0.29, 0.717) is 58.6 Å². The van der Waals surface area contributed by atoms with Crippen LogP contribution in [0, 0.1) is 11.2 Å². The predicted molar refractivity (Wildman–Crippen MR) is 146 cm³/mol. The Bertz CT molecular complexity index is 1440. The maximum absolute atomic E-state index is 15.2. The summed E-state index contributed by atoms with van der Waals surface area (Å²) < 4.78 is 38.2. The van der Waals surface area contributed by atoms with Crippen molar-refractivity contribution in [3.8, 4) is 23.0 Å². The molecular formula is C31H33FN2O5. The number of hydrogen-bond acceptors (Lipinski definition) is 6. The van der Waals surface area contributed by atoms with Crippen molar-refractivity contribution in [1.29, 1.82) is 0 Å². The number of allylic oxidation sites excluding steroid dienone is 1. The average molecular weight is 533 g/mol. The smallest absolute Gasteiger partial charge is 0.222 e. The van der Waals surface area contributed by atoms with Crippen LogP contribution in [0.25, 0.3) is 17.0 Å². The van der Waals surface area contributed by atoms with E-state index < -0.39 is 0 Å². The van der Waals surface area contributed by atoms with Gasteiger partial charge in [-0.15, -0.1) is 0 Å². The van der Waals surface area contributed by atoms with Crippen LogP contribution in [0.1, 0.15) is 43.7 Å². The van der Waals surface area contributed by atoms with Gasteiger partial charge in [0.1, 0.15) is 5.75 Å². The average Bonchev–Trinajstić information content (AvgIpc) is 3.32. The Labute approximate surface area is 227 Å². The normalized spacial score (nSPS) is 17.5. The third-order valence-electron chi connectivity index (χ3n) is 8.09. The molecule has 6 rings (SSSR count). The summed E-state index contributed by atoms with van der Waals surface area (Å²) in [6.45, 7) is 5.66. The van der Waals surface area contributed by atoms with Gasteiger partial charge in [-0.2, -0.15) is 0 Å². The Balaban J connectivity index is 1.11. The number of fused-ring (bicyclic) bond motifs is 2. The number of methoxy groups -OCH3 is 1. The molecule has 0 bridgehead atoms. The van der Waals surface area contributed by atoms with Crippen molar-refractivity contribution >= 4 is 22.9 Å². The van der Waals surface area contributed by atoms with Crippen molar-refractivity contribution in [1.82, 2.24) is 9.88 Å². The van der Waals surface area contributed by atoms with Crippen molar-refractivity contribution in [2.24, 2.45) is 5.41 Å². The summed E-state index contributed by atoms with van der Waals surface area (Å²) in [5.74, 6) is 1.51. The molecule has 0 radical (unpaired) electrons. The molecular weight excluding hydrogens is 499 g/mol. The zero-order chi connectivity index (χ0) is 27.0. The lowest BCUT2D eigenvalue weighted by Gasteiger charge is -2.47. The van der Waals surface area contributed by atoms with Gasteiger partial charge in [0.2, 0.25) is 5.91 Å². The van der Waals surface area contributed by atoms with E-state index in [1.54, 1.807) is 37.6 Å². The highest BCUT2D eigenvalue weighted by Gasteiger charge is 2.41. The van der Waals surface area contributed by atoms with Gasteiger partial charge in [-0.05, 0) is 56.4 Å². The fraction of sp³-hybridized carbons (Fsp3) is 0.419. The van der Waals surface area contributed by atoms with Gasteiger partial charge in [0.25, 0.3) is 0 Å². The van der Waals surface area contributed by atoms with Gasteiger partial charge in [-0.25, -0.2) is 4.39 Å². The van der Waals surface area contributed by atoms with Crippen molar-refractivity contribution in [2.75, 3.05) is 40.0 Å². The van der Waals surface area contributed by atoms with Crippen LogP contribution < -0.4 is 14.2 Å². The van der Waals surface area contributed by atoms with Gasteiger partial charge in [0.05, 0.1) is 32.4 Å². The number of hydrogen-bond donors (Lipinski definition) is 0. The van der Waals surface area contributed by atoms with Crippen LogP contribution in [0.2, 0.25) is 0 Å². The predicted octanol–water partition coefficient (Wildman–Crippen LogP) is 5.93. The van der Waals surface area contributed by atoms with Gasteiger partial charge in [-0.3, -0.25) is 9.78 Å². The first kappa shape index (κ1) is 25.6. The minimum atomic E-state index is -0.364. The number of benzene rings is 2. The van der Waals surface area contributed by atoms with E-state index in [9.17, 15) is 4.79 Å². The van der Waals surface area contributed by atoms with E-state index in [2.05, 4.69) is 4.98 Å². The number of likely N-dealkylation sites (tertiary alicyclic amines) is 1. The molecule has 0 atom stereocenters. The van der Waals surface area contributed by atoms with E-state index in [1.807, 2.05) is 24.0 Å². The van der Waals surface area contributed by atoms with Crippen molar-refractivity contribution in [3.05, 3.63) is 59.0 Å². The third-order valence-corrected chi connectivity index (χ3v) is 8.09. The summed E-state index contributed by atoms with van der Waals surface area (Å²) in [5.41, 5.74) is 3.64. The lowest BCUT2D eigenvalue weighted by atomic mass is 9.77. The lowest BCUT2D eigenvalue weighted by Crippen LogP contribution is -2.52. The number of pyridine rings is 1. The number of piperidine rings is 1. The lowest BCUT2D eigenvalue weighted by molar-refractivity contribution is -0.153. The number of ether oxygens (including phenoxy) is 4. The number of aromatic nitrogens is 1. The summed E-state index contributed by atoms with van der Waals surface area (Å²) in [5, 5.41) is 0.684. The minimum absolute atomic E-state index is 0.168. The second kappa shape index (κ2) is 10.5. The van der Waals surface area contributed by atoms with Gasteiger partial charge < -0.3 is 23.8 Å². The molecule has 3 aromatic rings. The molecule has 0 N–H and O–H groups in total. The molecule has 39 heavy (non-hydrogen) atoms. The van der Waals surface area contributed by atoms with Crippen LogP contribution in [0.5, 0.6) is 23.0 Å². The molecule has 1 aliphatic carbocycles. The van der Waals surface area contributed by atoms with Crippen LogP contribution in [-0.2, 0) is 16.0 Å². The first-order valence-corrected chi connectivity index (χ1v) is 13.6. The number of nitrogens with zero attached hydrogens (tertiary/aromatic N) is 2. The fourth-order valence-electron chi connectivity index (χ4n) is 5.68. The molecule has 1 amide bonds. The van der Waals surface area contributed by atoms with Gasteiger partial charge in [0.15, 0.2) is 23.1 Å². The van der Waals surface area contributed by atoms with Crippen LogP contribution in [0.3, 0.4) is 0 Å². The highest BCUT2D eigenvalue weighted by molar-refractivity contribution is 5.88. The van der Waals surface area contributed by atoms with E-state index >= 15 is 4.39 Å². The molecule has 2 saturated heterocycles. The highest BCUT2D eigenvalue weighted by atomic mass is 19.1. The molecule has 1 aromatic heterocycles. The highest BCUT2D eigenvalue weighted by Crippen LogP contribution is 2.40. The summed E-state index contributed by atoms with van der Waals surface area (Å²) in [6, 6.07) is 8.88. The van der Waals surface area contributed by atoms with Gasteiger partial charge in [-0.1, -0.05) is 17.7 Å². The Hall–Kier alpha value is -3.65. The summed E-state index contributed by atoms with van der Waals surface area (Å²) >= 11 is 0. The first-order valence-electron chi connectivity index (χ1n) is 13.6. The third kappa shape index (κ3) is 5.05. The van der Waals surface area contributed by atoms with Crippen LogP contribution in [0.4, 0.5) is 4.39 Å². The van der Waals surface area contributed by atoms with Gasteiger partial charge >= 0.3 is 0 Å². The van der Waals surface area contributed by atoms with E-state index in [0.717, 1.165) is 56.7 Å². The number of carbonyl (C=O) groups excluding carboxylic acids is 1. The zero-order valence-electron chi connectivity index (χ0n) is 22.4.